The molecule has 0 amide bonds. The molecule has 0 radical (unpaired) electrons. The Bertz CT molecular complexity index is 1060. The summed E-state index contributed by atoms with van der Waals surface area (Å²) in [6, 6.07) is 14.2. The zero-order valence-electron chi connectivity index (χ0n) is 17.4. The van der Waals surface area contributed by atoms with E-state index in [0.29, 0.717) is 20.9 Å². The maximum absolute atomic E-state index is 14.5. The fraction of sp³-hybridized carbons (Fsp3) is 0.304. The van der Waals surface area contributed by atoms with Crippen LogP contribution in [0, 0.1) is 5.82 Å². The summed E-state index contributed by atoms with van der Waals surface area (Å²) in [5, 5.41) is 4.09. The summed E-state index contributed by atoms with van der Waals surface area (Å²) < 4.78 is 21.4. The first-order chi connectivity index (χ1) is 14.9. The Morgan fingerprint density at radius 3 is 2.77 bits per heavy atom. The summed E-state index contributed by atoms with van der Waals surface area (Å²) >= 11 is 8.98. The number of thiocarbonyl (C=S) groups is 1. The molecule has 8 heteroatoms. The van der Waals surface area contributed by atoms with Crippen LogP contribution in [0.4, 0.5) is 4.39 Å². The standard InChI is InChI=1S/C23H24BrFN4OS/c1-28(2)12-5-13-29-22(21(27-23(29)31)18-6-3-4-11-26-18)20-10-9-19(30-20)16-8-7-15(24)14-17(16)25/h3-4,6-11,14,21-22H,5,12-13H2,1-2H3,(H,27,31)/t21-,22+/m1/s1. The van der Waals surface area contributed by atoms with Gasteiger partial charge in [-0.15, -0.1) is 0 Å². The van der Waals surface area contributed by atoms with Gasteiger partial charge in [0.1, 0.15) is 23.4 Å². The van der Waals surface area contributed by atoms with Gasteiger partial charge in [0.05, 0.1) is 17.3 Å². The molecule has 1 N–H and O–H groups in total. The van der Waals surface area contributed by atoms with Gasteiger partial charge < -0.3 is 19.5 Å². The number of pyridine rings is 1. The molecule has 4 rings (SSSR count). The Hall–Kier alpha value is -2.29. The highest BCUT2D eigenvalue weighted by atomic mass is 79.9. The first-order valence-electron chi connectivity index (χ1n) is 10.1. The van der Waals surface area contributed by atoms with E-state index < -0.39 is 0 Å². The van der Waals surface area contributed by atoms with Crippen molar-refractivity contribution in [3.63, 3.8) is 0 Å². The van der Waals surface area contributed by atoms with E-state index in [1.807, 2.05) is 30.3 Å². The molecule has 2 atom stereocenters. The van der Waals surface area contributed by atoms with Crippen LogP contribution < -0.4 is 5.32 Å². The summed E-state index contributed by atoms with van der Waals surface area (Å²) in [6.45, 7) is 1.73. The average Bonchev–Trinajstić information content (AvgIpc) is 3.33. The van der Waals surface area contributed by atoms with Crippen LogP contribution in [0.2, 0.25) is 0 Å². The van der Waals surface area contributed by atoms with E-state index in [1.54, 1.807) is 18.3 Å². The van der Waals surface area contributed by atoms with Gasteiger partial charge in [-0.2, -0.15) is 0 Å². The molecule has 0 bridgehead atoms. The predicted molar refractivity (Wildman–Crippen MR) is 127 cm³/mol. The number of aromatic nitrogens is 1. The minimum Gasteiger partial charge on any atom is -0.459 e. The lowest BCUT2D eigenvalue weighted by Gasteiger charge is -2.26. The predicted octanol–water partition coefficient (Wildman–Crippen LogP) is 5.17. The molecular weight excluding hydrogens is 479 g/mol. The van der Waals surface area contributed by atoms with Gasteiger partial charge in [0.2, 0.25) is 0 Å². The highest BCUT2D eigenvalue weighted by Crippen LogP contribution is 2.40. The second-order valence-corrected chi connectivity index (χ2v) is 9.11. The maximum atomic E-state index is 14.5. The molecule has 3 aromatic rings. The molecule has 1 fully saturated rings. The van der Waals surface area contributed by atoms with Crippen LogP contribution >= 0.6 is 28.1 Å². The lowest BCUT2D eigenvalue weighted by molar-refractivity contribution is 0.261. The quantitative estimate of drug-likeness (QED) is 0.449. The lowest BCUT2D eigenvalue weighted by Crippen LogP contribution is -2.32. The van der Waals surface area contributed by atoms with Gasteiger partial charge in [0.15, 0.2) is 5.11 Å². The number of halogens is 2. The number of hydrogen-bond donors (Lipinski definition) is 1. The molecular formula is C23H24BrFN4OS. The largest absolute Gasteiger partial charge is 0.459 e. The van der Waals surface area contributed by atoms with Crippen LogP contribution in [0.25, 0.3) is 11.3 Å². The third-order valence-electron chi connectivity index (χ3n) is 5.32. The van der Waals surface area contributed by atoms with Gasteiger partial charge in [-0.3, -0.25) is 4.98 Å². The molecule has 0 aliphatic carbocycles. The fourth-order valence-electron chi connectivity index (χ4n) is 3.86. The second kappa shape index (κ2) is 9.46. The normalized spacial score (nSPS) is 18.6. The van der Waals surface area contributed by atoms with Crippen LogP contribution in [-0.2, 0) is 0 Å². The van der Waals surface area contributed by atoms with Crippen molar-refractivity contribution in [2.24, 2.45) is 0 Å². The van der Waals surface area contributed by atoms with Crippen molar-refractivity contribution in [3.05, 3.63) is 76.5 Å². The fourth-order valence-corrected chi connectivity index (χ4v) is 4.52. The number of benzene rings is 1. The molecule has 0 unspecified atom stereocenters. The van der Waals surface area contributed by atoms with Gasteiger partial charge in [-0.1, -0.05) is 22.0 Å². The van der Waals surface area contributed by atoms with E-state index >= 15 is 0 Å². The number of rotatable bonds is 7. The molecule has 31 heavy (non-hydrogen) atoms. The zero-order valence-corrected chi connectivity index (χ0v) is 19.8. The summed E-state index contributed by atoms with van der Waals surface area (Å²) in [6.07, 6.45) is 2.73. The van der Waals surface area contributed by atoms with Crippen LogP contribution in [0.3, 0.4) is 0 Å². The van der Waals surface area contributed by atoms with Crippen molar-refractivity contribution in [1.29, 1.82) is 0 Å². The van der Waals surface area contributed by atoms with Crippen molar-refractivity contribution < 1.29 is 8.81 Å². The molecule has 1 saturated heterocycles. The summed E-state index contributed by atoms with van der Waals surface area (Å²) in [5.74, 6) is 0.885. The smallest absolute Gasteiger partial charge is 0.170 e. The molecule has 162 valence electrons. The molecule has 0 saturated carbocycles. The minimum atomic E-state index is -0.334. The first-order valence-corrected chi connectivity index (χ1v) is 11.3. The topological polar surface area (TPSA) is 44.5 Å². The number of furan rings is 1. The molecule has 3 heterocycles. The molecule has 5 nitrogen and oxygen atoms in total. The van der Waals surface area contributed by atoms with Gasteiger partial charge in [-0.25, -0.2) is 4.39 Å². The maximum Gasteiger partial charge on any atom is 0.170 e. The second-order valence-electron chi connectivity index (χ2n) is 7.80. The average molecular weight is 503 g/mol. The van der Waals surface area contributed by atoms with Crippen molar-refractivity contribution in [3.8, 4) is 11.3 Å². The van der Waals surface area contributed by atoms with Crippen molar-refractivity contribution in [2.45, 2.75) is 18.5 Å². The minimum absolute atomic E-state index is 0.151. The monoisotopic (exact) mass is 502 g/mol. The Balaban J connectivity index is 1.68. The third-order valence-corrected chi connectivity index (χ3v) is 6.16. The van der Waals surface area contributed by atoms with Crippen LogP contribution in [-0.4, -0.2) is 47.1 Å². The van der Waals surface area contributed by atoms with Crippen molar-refractivity contribution >= 4 is 33.3 Å². The van der Waals surface area contributed by atoms with Crippen LogP contribution in [0.1, 0.15) is 30.0 Å². The Morgan fingerprint density at radius 1 is 1.23 bits per heavy atom. The van der Waals surface area contributed by atoms with E-state index in [4.69, 9.17) is 16.6 Å². The SMILES string of the molecule is CN(C)CCCN1C(=S)N[C@H](c2ccccn2)[C@@H]1c1ccc(-c2ccc(Br)cc2F)o1. The molecule has 2 aromatic heterocycles. The van der Waals surface area contributed by atoms with Crippen molar-refractivity contribution in [2.75, 3.05) is 27.2 Å². The van der Waals surface area contributed by atoms with E-state index in [9.17, 15) is 4.39 Å². The molecule has 1 aromatic carbocycles. The number of nitrogens with one attached hydrogen (secondary N) is 1. The van der Waals surface area contributed by atoms with E-state index in [-0.39, 0.29) is 17.9 Å². The van der Waals surface area contributed by atoms with Gasteiger partial charge in [0, 0.05) is 17.2 Å². The molecule has 0 spiro atoms. The highest BCUT2D eigenvalue weighted by Gasteiger charge is 2.41. The van der Waals surface area contributed by atoms with Crippen LogP contribution in [0.15, 0.2) is 63.6 Å². The Kier molecular flexibility index (Phi) is 6.69. The summed E-state index contributed by atoms with van der Waals surface area (Å²) in [5.41, 5.74) is 1.31. The van der Waals surface area contributed by atoms with E-state index in [2.05, 4.69) is 50.1 Å². The van der Waals surface area contributed by atoms with Crippen molar-refractivity contribution in [1.82, 2.24) is 20.1 Å². The zero-order chi connectivity index (χ0) is 22.0. The Labute approximate surface area is 195 Å². The van der Waals surface area contributed by atoms with E-state index in [0.717, 1.165) is 31.0 Å². The lowest BCUT2D eigenvalue weighted by atomic mass is 10.0. The van der Waals surface area contributed by atoms with Crippen LogP contribution in [0.5, 0.6) is 0 Å². The summed E-state index contributed by atoms with van der Waals surface area (Å²) in [7, 11) is 4.11. The first kappa shape index (κ1) is 21.9. The third kappa shape index (κ3) is 4.81. The number of nitrogens with zero attached hydrogens (tertiary/aromatic N) is 3. The molecule has 1 aliphatic heterocycles. The molecule has 1 aliphatic rings. The number of hydrogen-bond acceptors (Lipinski definition) is 4. The van der Waals surface area contributed by atoms with E-state index in [1.165, 1.54) is 6.07 Å². The summed E-state index contributed by atoms with van der Waals surface area (Å²) in [4.78, 5) is 8.84. The van der Waals surface area contributed by atoms with Gasteiger partial charge in [-0.05, 0) is 81.7 Å². The van der Waals surface area contributed by atoms with Gasteiger partial charge in [0.25, 0.3) is 0 Å². The Morgan fingerprint density at radius 2 is 2.06 bits per heavy atom. The highest BCUT2D eigenvalue weighted by molar-refractivity contribution is 9.10. The van der Waals surface area contributed by atoms with Gasteiger partial charge >= 0.3 is 0 Å².